The van der Waals surface area contributed by atoms with Gasteiger partial charge < -0.3 is 4.42 Å². The summed E-state index contributed by atoms with van der Waals surface area (Å²) >= 11 is 0. The van der Waals surface area contributed by atoms with Crippen LogP contribution in [0.2, 0.25) is 0 Å². The summed E-state index contributed by atoms with van der Waals surface area (Å²) in [6.45, 7) is 1.97. The quantitative estimate of drug-likeness (QED) is 0.697. The molecule has 4 heteroatoms. The standard InChI is InChI=1S/C15H11FN2O/c1-10-6-7-17-8-13(10)15-18-14(9-19-15)11-2-4-12(16)5-3-11/h2-9H,1H3. The summed E-state index contributed by atoms with van der Waals surface area (Å²) in [6.07, 6.45) is 5.01. The van der Waals surface area contributed by atoms with Crippen molar-refractivity contribution in [3.8, 4) is 22.7 Å². The van der Waals surface area contributed by atoms with Gasteiger partial charge >= 0.3 is 0 Å². The van der Waals surface area contributed by atoms with Crippen LogP contribution >= 0.6 is 0 Å². The average molecular weight is 254 g/mol. The Hall–Kier alpha value is -2.49. The van der Waals surface area contributed by atoms with Gasteiger partial charge in [-0.1, -0.05) is 0 Å². The third-order valence-corrected chi connectivity index (χ3v) is 2.91. The number of pyridine rings is 1. The minimum Gasteiger partial charge on any atom is -0.444 e. The van der Waals surface area contributed by atoms with E-state index in [2.05, 4.69) is 9.97 Å². The molecule has 1 aromatic carbocycles. The molecule has 19 heavy (non-hydrogen) atoms. The number of rotatable bonds is 2. The third-order valence-electron chi connectivity index (χ3n) is 2.91. The Labute approximate surface area is 109 Å². The minimum atomic E-state index is -0.268. The van der Waals surface area contributed by atoms with E-state index in [-0.39, 0.29) is 5.82 Å². The highest BCUT2D eigenvalue weighted by Crippen LogP contribution is 2.26. The number of hydrogen-bond donors (Lipinski definition) is 0. The van der Waals surface area contributed by atoms with E-state index in [4.69, 9.17) is 4.42 Å². The lowest BCUT2D eigenvalue weighted by atomic mass is 10.1. The molecule has 0 saturated carbocycles. The van der Waals surface area contributed by atoms with E-state index in [0.29, 0.717) is 11.6 Å². The molecule has 0 bridgehead atoms. The number of benzene rings is 1. The van der Waals surface area contributed by atoms with E-state index in [1.54, 1.807) is 30.8 Å². The second-order valence-electron chi connectivity index (χ2n) is 4.24. The van der Waals surface area contributed by atoms with E-state index in [9.17, 15) is 4.39 Å². The largest absolute Gasteiger partial charge is 0.444 e. The summed E-state index contributed by atoms with van der Waals surface area (Å²) in [5.41, 5.74) is 3.40. The summed E-state index contributed by atoms with van der Waals surface area (Å²) in [4.78, 5) is 8.48. The molecule has 94 valence electrons. The van der Waals surface area contributed by atoms with Crippen molar-refractivity contribution in [1.29, 1.82) is 0 Å². The van der Waals surface area contributed by atoms with E-state index in [0.717, 1.165) is 16.7 Å². The molecule has 0 fully saturated rings. The van der Waals surface area contributed by atoms with Crippen LogP contribution in [-0.2, 0) is 0 Å². The maximum absolute atomic E-state index is 12.9. The van der Waals surface area contributed by atoms with Gasteiger partial charge in [0.15, 0.2) is 0 Å². The first-order valence-corrected chi connectivity index (χ1v) is 5.86. The van der Waals surface area contributed by atoms with Crippen LogP contribution in [0.4, 0.5) is 4.39 Å². The molecular weight excluding hydrogens is 243 g/mol. The summed E-state index contributed by atoms with van der Waals surface area (Å²) in [5.74, 6) is 0.250. The summed E-state index contributed by atoms with van der Waals surface area (Å²) in [7, 11) is 0. The van der Waals surface area contributed by atoms with Crippen molar-refractivity contribution in [3.63, 3.8) is 0 Å². The fraction of sp³-hybridized carbons (Fsp3) is 0.0667. The number of nitrogens with zero attached hydrogens (tertiary/aromatic N) is 2. The maximum Gasteiger partial charge on any atom is 0.228 e. The summed E-state index contributed by atoms with van der Waals surface area (Å²) in [6, 6.07) is 8.05. The van der Waals surface area contributed by atoms with Crippen LogP contribution in [0.1, 0.15) is 5.56 Å². The molecule has 0 aliphatic carbocycles. The normalized spacial score (nSPS) is 10.6. The van der Waals surface area contributed by atoms with Gasteiger partial charge in [0.25, 0.3) is 0 Å². The predicted molar refractivity (Wildman–Crippen MR) is 69.9 cm³/mol. The monoisotopic (exact) mass is 254 g/mol. The van der Waals surface area contributed by atoms with Crippen molar-refractivity contribution in [2.24, 2.45) is 0 Å². The van der Waals surface area contributed by atoms with Gasteiger partial charge in [0.2, 0.25) is 5.89 Å². The number of halogens is 1. The molecule has 0 aliphatic heterocycles. The first-order chi connectivity index (χ1) is 9.24. The average Bonchev–Trinajstić information content (AvgIpc) is 2.89. The Morgan fingerprint density at radius 1 is 1.11 bits per heavy atom. The molecule has 3 rings (SSSR count). The zero-order valence-electron chi connectivity index (χ0n) is 10.3. The van der Waals surface area contributed by atoms with Crippen LogP contribution in [-0.4, -0.2) is 9.97 Å². The number of oxazole rings is 1. The van der Waals surface area contributed by atoms with Crippen LogP contribution in [0.3, 0.4) is 0 Å². The van der Waals surface area contributed by atoms with E-state index < -0.39 is 0 Å². The summed E-state index contributed by atoms with van der Waals surface area (Å²) in [5, 5.41) is 0. The van der Waals surface area contributed by atoms with E-state index in [1.807, 2.05) is 13.0 Å². The highest BCUT2D eigenvalue weighted by Gasteiger charge is 2.10. The van der Waals surface area contributed by atoms with Gasteiger partial charge in [-0.2, -0.15) is 0 Å². The van der Waals surface area contributed by atoms with Gasteiger partial charge in [0.1, 0.15) is 17.8 Å². The predicted octanol–water partition coefficient (Wildman–Crippen LogP) is 3.85. The van der Waals surface area contributed by atoms with Crippen molar-refractivity contribution >= 4 is 0 Å². The molecule has 0 spiro atoms. The van der Waals surface area contributed by atoms with Crippen LogP contribution < -0.4 is 0 Å². The first kappa shape index (κ1) is 11.6. The smallest absolute Gasteiger partial charge is 0.228 e. The minimum absolute atomic E-state index is 0.268. The number of aromatic nitrogens is 2. The Kier molecular flexibility index (Phi) is 2.83. The van der Waals surface area contributed by atoms with Crippen LogP contribution in [0.15, 0.2) is 53.4 Å². The molecule has 0 radical (unpaired) electrons. The Morgan fingerprint density at radius 3 is 2.63 bits per heavy atom. The molecule has 3 nitrogen and oxygen atoms in total. The van der Waals surface area contributed by atoms with Gasteiger partial charge in [-0.15, -0.1) is 0 Å². The first-order valence-electron chi connectivity index (χ1n) is 5.86. The van der Waals surface area contributed by atoms with E-state index >= 15 is 0 Å². The van der Waals surface area contributed by atoms with Gasteiger partial charge in [-0.3, -0.25) is 4.98 Å². The molecule has 0 amide bonds. The van der Waals surface area contributed by atoms with Gasteiger partial charge in [0, 0.05) is 18.0 Å². The molecule has 2 heterocycles. The van der Waals surface area contributed by atoms with Crippen LogP contribution in [0.5, 0.6) is 0 Å². The highest BCUT2D eigenvalue weighted by atomic mass is 19.1. The Balaban J connectivity index is 2.00. The Bertz CT molecular complexity index is 704. The lowest BCUT2D eigenvalue weighted by molar-refractivity contribution is 0.574. The van der Waals surface area contributed by atoms with Gasteiger partial charge in [0.05, 0.1) is 5.56 Å². The fourth-order valence-corrected chi connectivity index (χ4v) is 1.84. The second-order valence-corrected chi connectivity index (χ2v) is 4.24. The van der Waals surface area contributed by atoms with Crippen molar-refractivity contribution < 1.29 is 8.81 Å². The number of hydrogen-bond acceptors (Lipinski definition) is 3. The lowest BCUT2D eigenvalue weighted by Crippen LogP contribution is -1.85. The van der Waals surface area contributed by atoms with Crippen molar-refractivity contribution in [2.75, 3.05) is 0 Å². The zero-order valence-corrected chi connectivity index (χ0v) is 10.3. The van der Waals surface area contributed by atoms with Crippen LogP contribution in [0, 0.1) is 12.7 Å². The molecular formula is C15H11FN2O. The number of aryl methyl sites for hydroxylation is 1. The fourth-order valence-electron chi connectivity index (χ4n) is 1.84. The highest BCUT2D eigenvalue weighted by molar-refractivity contribution is 5.63. The van der Waals surface area contributed by atoms with Crippen LogP contribution in [0.25, 0.3) is 22.7 Å². The van der Waals surface area contributed by atoms with Gasteiger partial charge in [-0.05, 0) is 42.8 Å². The maximum atomic E-state index is 12.9. The van der Waals surface area contributed by atoms with Crippen molar-refractivity contribution in [2.45, 2.75) is 6.92 Å². The molecule has 0 saturated heterocycles. The SMILES string of the molecule is Cc1ccncc1-c1nc(-c2ccc(F)cc2)co1. The molecule has 3 aromatic rings. The van der Waals surface area contributed by atoms with E-state index in [1.165, 1.54) is 12.1 Å². The lowest BCUT2D eigenvalue weighted by Gasteiger charge is -1.98. The molecule has 0 unspecified atom stereocenters. The molecule has 0 atom stereocenters. The topological polar surface area (TPSA) is 38.9 Å². The third kappa shape index (κ3) is 2.25. The zero-order chi connectivity index (χ0) is 13.2. The second kappa shape index (κ2) is 4.65. The summed E-state index contributed by atoms with van der Waals surface area (Å²) < 4.78 is 18.3. The van der Waals surface area contributed by atoms with Gasteiger partial charge in [-0.25, -0.2) is 9.37 Å². The molecule has 2 aromatic heterocycles. The molecule has 0 N–H and O–H groups in total. The Morgan fingerprint density at radius 2 is 1.89 bits per heavy atom. The molecule has 0 aliphatic rings. The van der Waals surface area contributed by atoms with Crippen molar-refractivity contribution in [1.82, 2.24) is 9.97 Å². The van der Waals surface area contributed by atoms with Crippen molar-refractivity contribution in [3.05, 3.63) is 60.4 Å².